The Balaban J connectivity index is 1.76. The van der Waals surface area contributed by atoms with Crippen LogP contribution in [-0.2, 0) is 11.2 Å². The summed E-state index contributed by atoms with van der Waals surface area (Å²) < 4.78 is 5.89. The quantitative estimate of drug-likeness (QED) is 0.527. The molecule has 1 N–H and O–H groups in total. The van der Waals surface area contributed by atoms with Crippen LogP contribution >= 0.6 is 11.6 Å². The predicted molar refractivity (Wildman–Crippen MR) is 121 cm³/mol. The third-order valence-corrected chi connectivity index (χ3v) is 5.37. The first-order valence-corrected chi connectivity index (χ1v) is 10.4. The van der Waals surface area contributed by atoms with Crippen molar-refractivity contribution in [1.82, 2.24) is 10.3 Å². The zero-order valence-electron chi connectivity index (χ0n) is 17.5. The van der Waals surface area contributed by atoms with Crippen molar-refractivity contribution in [1.29, 1.82) is 0 Å². The topological polar surface area (TPSA) is 51.2 Å². The van der Waals surface area contributed by atoms with Gasteiger partial charge in [-0.1, -0.05) is 54.1 Å². The fourth-order valence-electron chi connectivity index (χ4n) is 3.39. The summed E-state index contributed by atoms with van der Waals surface area (Å²) in [7, 11) is 0. The molecule has 0 unspecified atom stereocenters. The van der Waals surface area contributed by atoms with Crippen molar-refractivity contribution < 1.29 is 9.53 Å². The van der Waals surface area contributed by atoms with Crippen LogP contribution in [0.15, 0.2) is 79.1 Å². The molecule has 5 heteroatoms. The van der Waals surface area contributed by atoms with E-state index in [9.17, 15) is 4.79 Å². The van der Waals surface area contributed by atoms with Crippen molar-refractivity contribution in [2.45, 2.75) is 44.8 Å². The minimum absolute atomic E-state index is 0.102. The highest BCUT2D eigenvalue weighted by atomic mass is 35.5. The summed E-state index contributed by atoms with van der Waals surface area (Å²) in [5, 5.41) is 3.87. The second kappa shape index (κ2) is 9.77. The largest absolute Gasteiger partial charge is 0.476 e. The molecule has 0 fully saturated rings. The molecule has 156 valence electrons. The molecular formula is C25H27ClN2O2. The summed E-state index contributed by atoms with van der Waals surface area (Å²) in [6.07, 6.45) is 4.06. The number of benzene rings is 2. The third-order valence-electron chi connectivity index (χ3n) is 5.11. The van der Waals surface area contributed by atoms with Crippen LogP contribution in [0.4, 0.5) is 0 Å². The molecule has 0 aliphatic heterocycles. The number of carbonyl (C=O) groups excluding carboxylic acids is 1. The Bertz CT molecular complexity index is 944. The third kappa shape index (κ3) is 5.83. The highest BCUT2D eigenvalue weighted by Crippen LogP contribution is 2.26. The molecule has 4 nitrogen and oxygen atoms in total. The van der Waals surface area contributed by atoms with Crippen LogP contribution in [0.3, 0.4) is 0 Å². The zero-order chi connectivity index (χ0) is 21.6. The normalized spacial score (nSPS) is 13.3. The summed E-state index contributed by atoms with van der Waals surface area (Å²) in [6, 6.07) is 21.6. The standard InChI is InChI=1S/C25H27ClN2O2/c1-18(28-24(29)25(2,3)30-22-10-7-15-27-17-22)23(20-8-5-4-6-9-20)16-19-11-13-21(26)14-12-19/h4-15,17-18,23H,16H2,1-3H3,(H,28,29)/t18-,23+/m0/s1. The summed E-state index contributed by atoms with van der Waals surface area (Å²) in [4.78, 5) is 17.1. The van der Waals surface area contributed by atoms with Crippen LogP contribution in [-0.4, -0.2) is 22.5 Å². The molecule has 0 bridgehead atoms. The summed E-state index contributed by atoms with van der Waals surface area (Å²) in [6.45, 7) is 5.56. The van der Waals surface area contributed by atoms with E-state index in [2.05, 4.69) is 22.4 Å². The minimum atomic E-state index is -1.03. The van der Waals surface area contributed by atoms with E-state index in [0.717, 1.165) is 6.42 Å². The van der Waals surface area contributed by atoms with Gasteiger partial charge in [0.2, 0.25) is 0 Å². The molecule has 0 saturated heterocycles. The fraction of sp³-hybridized carbons (Fsp3) is 0.280. The van der Waals surface area contributed by atoms with E-state index in [1.54, 1.807) is 38.4 Å². The SMILES string of the molecule is C[C@H](NC(=O)C(C)(C)Oc1cccnc1)[C@@H](Cc1ccc(Cl)cc1)c1ccccc1. The van der Waals surface area contributed by atoms with Gasteiger partial charge in [0.1, 0.15) is 5.75 Å². The average molecular weight is 423 g/mol. The van der Waals surface area contributed by atoms with Crippen LogP contribution in [0.1, 0.15) is 37.8 Å². The van der Waals surface area contributed by atoms with Gasteiger partial charge in [-0.25, -0.2) is 0 Å². The summed E-state index contributed by atoms with van der Waals surface area (Å²) >= 11 is 6.04. The molecule has 30 heavy (non-hydrogen) atoms. The van der Waals surface area contributed by atoms with Gasteiger partial charge in [0.25, 0.3) is 5.91 Å². The second-order valence-electron chi connectivity index (χ2n) is 7.91. The van der Waals surface area contributed by atoms with Crippen molar-refractivity contribution >= 4 is 17.5 Å². The van der Waals surface area contributed by atoms with E-state index in [-0.39, 0.29) is 17.9 Å². The van der Waals surface area contributed by atoms with E-state index in [4.69, 9.17) is 16.3 Å². The van der Waals surface area contributed by atoms with Crippen LogP contribution in [0.5, 0.6) is 5.75 Å². The van der Waals surface area contributed by atoms with Gasteiger partial charge in [0, 0.05) is 23.2 Å². The lowest BCUT2D eigenvalue weighted by Gasteiger charge is -2.31. The van der Waals surface area contributed by atoms with Gasteiger partial charge >= 0.3 is 0 Å². The summed E-state index contributed by atoms with van der Waals surface area (Å²) in [5.74, 6) is 0.493. The average Bonchev–Trinajstić information content (AvgIpc) is 2.74. The maximum atomic E-state index is 13.0. The number of hydrogen-bond donors (Lipinski definition) is 1. The van der Waals surface area contributed by atoms with Gasteiger partial charge in [-0.05, 0) is 62.6 Å². The maximum absolute atomic E-state index is 13.0. The van der Waals surface area contributed by atoms with E-state index >= 15 is 0 Å². The molecule has 1 amide bonds. The first kappa shape index (κ1) is 21.8. The number of amides is 1. The Kier molecular flexibility index (Phi) is 7.11. The van der Waals surface area contributed by atoms with Gasteiger partial charge in [-0.15, -0.1) is 0 Å². The van der Waals surface area contributed by atoms with Gasteiger partial charge in [0.15, 0.2) is 5.60 Å². The van der Waals surface area contributed by atoms with Gasteiger partial charge in [-0.2, -0.15) is 0 Å². The molecule has 0 spiro atoms. The number of ether oxygens (including phenoxy) is 1. The minimum Gasteiger partial charge on any atom is -0.476 e. The Labute approximate surface area is 183 Å². The highest BCUT2D eigenvalue weighted by Gasteiger charge is 2.33. The lowest BCUT2D eigenvalue weighted by Crippen LogP contribution is -2.51. The maximum Gasteiger partial charge on any atom is 0.263 e. The number of pyridine rings is 1. The van der Waals surface area contributed by atoms with Gasteiger partial charge in [0.05, 0.1) is 6.20 Å². The number of rotatable bonds is 8. The van der Waals surface area contributed by atoms with Crippen LogP contribution < -0.4 is 10.1 Å². The van der Waals surface area contributed by atoms with Gasteiger partial charge in [-0.3, -0.25) is 9.78 Å². The lowest BCUT2D eigenvalue weighted by molar-refractivity contribution is -0.135. The first-order chi connectivity index (χ1) is 14.3. The Morgan fingerprint density at radius 1 is 1.07 bits per heavy atom. The fourth-order valence-corrected chi connectivity index (χ4v) is 3.51. The number of hydrogen-bond acceptors (Lipinski definition) is 3. The predicted octanol–water partition coefficient (Wildman–Crippen LogP) is 5.42. The second-order valence-corrected chi connectivity index (χ2v) is 8.35. The molecule has 0 saturated carbocycles. The van der Waals surface area contributed by atoms with E-state index in [1.807, 2.05) is 49.4 Å². The van der Waals surface area contributed by atoms with Crippen molar-refractivity contribution in [2.75, 3.05) is 0 Å². The molecule has 2 atom stereocenters. The lowest BCUT2D eigenvalue weighted by atomic mass is 9.86. The van der Waals surface area contributed by atoms with Crippen LogP contribution in [0.25, 0.3) is 0 Å². The van der Waals surface area contributed by atoms with Crippen molar-refractivity contribution in [3.8, 4) is 5.75 Å². The van der Waals surface area contributed by atoms with E-state index < -0.39 is 5.60 Å². The molecule has 3 rings (SSSR count). The molecule has 0 aliphatic carbocycles. The number of carbonyl (C=O) groups is 1. The monoisotopic (exact) mass is 422 g/mol. The van der Waals surface area contributed by atoms with Crippen LogP contribution in [0.2, 0.25) is 5.02 Å². The molecule has 2 aromatic carbocycles. The molecule has 1 aromatic heterocycles. The highest BCUT2D eigenvalue weighted by molar-refractivity contribution is 6.30. The molecule has 3 aromatic rings. The number of nitrogens with zero attached hydrogens (tertiary/aromatic N) is 1. The Hall–Kier alpha value is -2.85. The Morgan fingerprint density at radius 2 is 1.77 bits per heavy atom. The van der Waals surface area contributed by atoms with E-state index in [1.165, 1.54) is 11.1 Å². The molecule has 0 aliphatic rings. The number of aromatic nitrogens is 1. The van der Waals surface area contributed by atoms with Crippen LogP contribution in [0, 0.1) is 0 Å². The molecular weight excluding hydrogens is 396 g/mol. The van der Waals surface area contributed by atoms with Crippen molar-refractivity contribution in [3.05, 3.63) is 95.3 Å². The number of nitrogens with one attached hydrogen (secondary N) is 1. The van der Waals surface area contributed by atoms with E-state index in [0.29, 0.717) is 10.8 Å². The molecule has 1 heterocycles. The van der Waals surface area contributed by atoms with Crippen molar-refractivity contribution in [3.63, 3.8) is 0 Å². The van der Waals surface area contributed by atoms with Crippen molar-refractivity contribution in [2.24, 2.45) is 0 Å². The summed E-state index contributed by atoms with van der Waals surface area (Å²) in [5.41, 5.74) is 1.31. The smallest absolute Gasteiger partial charge is 0.263 e. The van der Waals surface area contributed by atoms with Gasteiger partial charge < -0.3 is 10.1 Å². The number of halogens is 1. The first-order valence-electron chi connectivity index (χ1n) is 10.0. The molecule has 0 radical (unpaired) electrons. The zero-order valence-corrected chi connectivity index (χ0v) is 18.3. The Morgan fingerprint density at radius 3 is 2.40 bits per heavy atom.